The summed E-state index contributed by atoms with van der Waals surface area (Å²) in [6, 6.07) is 5.91. The van der Waals surface area contributed by atoms with Crippen LogP contribution in [0, 0.1) is 5.92 Å². The number of nitrogens with one attached hydrogen (secondary N) is 1. The van der Waals surface area contributed by atoms with E-state index in [4.69, 9.17) is 16.3 Å². The molecule has 0 aliphatic carbocycles. The monoisotopic (exact) mass is 267 g/mol. The molecule has 1 fully saturated rings. The summed E-state index contributed by atoms with van der Waals surface area (Å²) < 4.78 is 5.99. The first-order valence-corrected chi connectivity index (χ1v) is 7.17. The third-order valence-electron chi connectivity index (χ3n) is 3.47. The van der Waals surface area contributed by atoms with Gasteiger partial charge < -0.3 is 10.1 Å². The summed E-state index contributed by atoms with van der Waals surface area (Å²) in [7, 11) is 0. The molecule has 0 aromatic heterocycles. The topological polar surface area (TPSA) is 21.3 Å². The van der Waals surface area contributed by atoms with Crippen molar-refractivity contribution in [3.8, 4) is 5.75 Å². The van der Waals surface area contributed by atoms with Crippen LogP contribution in [0.15, 0.2) is 18.2 Å². The maximum Gasteiger partial charge on any atom is 0.122 e. The van der Waals surface area contributed by atoms with Crippen LogP contribution >= 0.6 is 11.6 Å². The van der Waals surface area contributed by atoms with E-state index >= 15 is 0 Å². The maximum atomic E-state index is 6.04. The van der Waals surface area contributed by atoms with Crippen LogP contribution in [0.4, 0.5) is 0 Å². The molecule has 0 amide bonds. The Balaban J connectivity index is 1.99. The fourth-order valence-corrected chi connectivity index (χ4v) is 2.56. The summed E-state index contributed by atoms with van der Waals surface area (Å²) in [5.74, 6) is 2.05. The number of hydrogen-bond donors (Lipinski definition) is 1. The summed E-state index contributed by atoms with van der Waals surface area (Å²) in [6.45, 7) is 7.36. The van der Waals surface area contributed by atoms with Crippen molar-refractivity contribution in [1.29, 1.82) is 0 Å². The number of hydrogen-bond acceptors (Lipinski definition) is 2. The summed E-state index contributed by atoms with van der Waals surface area (Å²) in [4.78, 5) is 0. The quantitative estimate of drug-likeness (QED) is 0.895. The van der Waals surface area contributed by atoms with Gasteiger partial charge in [0.2, 0.25) is 0 Å². The van der Waals surface area contributed by atoms with Gasteiger partial charge in [0.1, 0.15) is 5.75 Å². The van der Waals surface area contributed by atoms with Crippen LogP contribution in [0.5, 0.6) is 5.75 Å². The second-order valence-electron chi connectivity index (χ2n) is 5.36. The van der Waals surface area contributed by atoms with Gasteiger partial charge >= 0.3 is 0 Å². The van der Waals surface area contributed by atoms with Crippen molar-refractivity contribution in [2.24, 2.45) is 5.92 Å². The minimum Gasteiger partial charge on any atom is -0.493 e. The molecular formula is C15H22ClNO. The molecule has 1 saturated heterocycles. The van der Waals surface area contributed by atoms with E-state index in [1.165, 1.54) is 18.4 Å². The van der Waals surface area contributed by atoms with Crippen molar-refractivity contribution < 1.29 is 4.74 Å². The number of rotatable bonds is 4. The zero-order chi connectivity index (χ0) is 13.0. The van der Waals surface area contributed by atoms with Crippen LogP contribution in [0.3, 0.4) is 0 Å². The lowest BCUT2D eigenvalue weighted by atomic mass is 10.00. The Kier molecular flexibility index (Phi) is 4.90. The Bertz CT molecular complexity index is 386. The van der Waals surface area contributed by atoms with Crippen molar-refractivity contribution >= 4 is 11.6 Å². The molecule has 1 atom stereocenters. The highest BCUT2D eigenvalue weighted by molar-refractivity contribution is 6.30. The van der Waals surface area contributed by atoms with E-state index in [1.54, 1.807) is 0 Å². The first-order chi connectivity index (χ1) is 8.66. The van der Waals surface area contributed by atoms with Crippen LogP contribution in [0.1, 0.15) is 38.2 Å². The molecule has 18 heavy (non-hydrogen) atoms. The zero-order valence-electron chi connectivity index (χ0n) is 11.2. The summed E-state index contributed by atoms with van der Waals surface area (Å²) in [6.07, 6.45) is 2.52. The molecule has 0 radical (unpaired) electrons. The molecule has 1 aliphatic heterocycles. The molecule has 1 aliphatic rings. The van der Waals surface area contributed by atoms with Gasteiger partial charge in [-0.2, -0.15) is 0 Å². The van der Waals surface area contributed by atoms with Gasteiger partial charge in [-0.1, -0.05) is 25.4 Å². The number of halogens is 1. The normalized spacial score (nSPS) is 20.1. The van der Waals surface area contributed by atoms with E-state index in [2.05, 4.69) is 19.2 Å². The van der Waals surface area contributed by atoms with E-state index in [0.29, 0.717) is 11.8 Å². The molecule has 0 spiro atoms. The van der Waals surface area contributed by atoms with E-state index in [-0.39, 0.29) is 0 Å². The summed E-state index contributed by atoms with van der Waals surface area (Å²) in [5, 5.41) is 4.20. The van der Waals surface area contributed by atoms with Crippen LogP contribution in [0.25, 0.3) is 0 Å². The van der Waals surface area contributed by atoms with Crippen molar-refractivity contribution in [3.63, 3.8) is 0 Å². The van der Waals surface area contributed by atoms with Crippen LogP contribution in [-0.4, -0.2) is 19.7 Å². The maximum absolute atomic E-state index is 6.04. The highest BCUT2D eigenvalue weighted by Crippen LogP contribution is 2.29. The zero-order valence-corrected chi connectivity index (χ0v) is 12.0. The first kappa shape index (κ1) is 13.7. The molecule has 0 saturated carbocycles. The average Bonchev–Trinajstić information content (AvgIpc) is 2.38. The molecule has 1 N–H and O–H groups in total. The van der Waals surface area contributed by atoms with Crippen LogP contribution in [0.2, 0.25) is 5.02 Å². The highest BCUT2D eigenvalue weighted by Gasteiger charge is 2.15. The molecule has 2 nitrogen and oxygen atoms in total. The second kappa shape index (κ2) is 6.44. The fourth-order valence-electron chi connectivity index (χ4n) is 2.38. The van der Waals surface area contributed by atoms with E-state index in [1.807, 2.05) is 18.2 Å². The Morgan fingerprint density at radius 1 is 1.44 bits per heavy atom. The largest absolute Gasteiger partial charge is 0.493 e. The van der Waals surface area contributed by atoms with E-state index in [0.717, 1.165) is 30.5 Å². The fraction of sp³-hybridized carbons (Fsp3) is 0.600. The lowest BCUT2D eigenvalue weighted by Gasteiger charge is -2.24. The lowest BCUT2D eigenvalue weighted by Crippen LogP contribution is -2.33. The number of ether oxygens (including phenoxy) is 1. The second-order valence-corrected chi connectivity index (χ2v) is 5.80. The minimum absolute atomic E-state index is 0.434. The molecule has 1 aromatic rings. The Morgan fingerprint density at radius 2 is 2.28 bits per heavy atom. The predicted molar refractivity (Wildman–Crippen MR) is 76.6 cm³/mol. The van der Waals surface area contributed by atoms with Gasteiger partial charge in [-0.25, -0.2) is 0 Å². The average molecular weight is 268 g/mol. The molecule has 1 heterocycles. The molecule has 2 rings (SSSR count). The van der Waals surface area contributed by atoms with Gasteiger partial charge in [-0.05, 0) is 49.1 Å². The van der Waals surface area contributed by atoms with E-state index < -0.39 is 0 Å². The van der Waals surface area contributed by atoms with Crippen molar-refractivity contribution in [1.82, 2.24) is 5.32 Å². The highest BCUT2D eigenvalue weighted by atomic mass is 35.5. The SMILES string of the molecule is CC(C)c1cc(Cl)ccc1OC[C@H]1CCCNC1. The number of benzene rings is 1. The molecule has 0 bridgehead atoms. The Hall–Kier alpha value is -0.730. The van der Waals surface area contributed by atoms with Crippen LogP contribution in [-0.2, 0) is 0 Å². The number of piperidine rings is 1. The molecule has 0 unspecified atom stereocenters. The summed E-state index contributed by atoms with van der Waals surface area (Å²) >= 11 is 6.04. The standard InChI is InChI=1S/C15H22ClNO/c1-11(2)14-8-13(16)5-6-15(14)18-10-12-4-3-7-17-9-12/h5-6,8,11-12,17H,3-4,7,9-10H2,1-2H3/t12-/m0/s1. The summed E-state index contributed by atoms with van der Waals surface area (Å²) in [5.41, 5.74) is 1.20. The molecule has 1 aromatic carbocycles. The van der Waals surface area contributed by atoms with Crippen molar-refractivity contribution in [2.45, 2.75) is 32.6 Å². The van der Waals surface area contributed by atoms with Gasteiger partial charge in [0.25, 0.3) is 0 Å². The minimum atomic E-state index is 0.434. The van der Waals surface area contributed by atoms with Gasteiger partial charge in [0.15, 0.2) is 0 Å². The Morgan fingerprint density at radius 3 is 2.94 bits per heavy atom. The smallest absolute Gasteiger partial charge is 0.122 e. The molecule has 100 valence electrons. The van der Waals surface area contributed by atoms with Crippen molar-refractivity contribution in [3.05, 3.63) is 28.8 Å². The molecular weight excluding hydrogens is 246 g/mol. The third-order valence-corrected chi connectivity index (χ3v) is 3.70. The van der Waals surface area contributed by atoms with Gasteiger partial charge in [-0.3, -0.25) is 0 Å². The first-order valence-electron chi connectivity index (χ1n) is 6.80. The van der Waals surface area contributed by atoms with E-state index in [9.17, 15) is 0 Å². The Labute approximate surface area is 115 Å². The lowest BCUT2D eigenvalue weighted by molar-refractivity contribution is 0.216. The molecule has 3 heteroatoms. The van der Waals surface area contributed by atoms with Crippen LogP contribution < -0.4 is 10.1 Å². The van der Waals surface area contributed by atoms with Crippen molar-refractivity contribution in [2.75, 3.05) is 19.7 Å². The van der Waals surface area contributed by atoms with Gasteiger partial charge in [0, 0.05) is 17.5 Å². The third kappa shape index (κ3) is 3.63. The van der Waals surface area contributed by atoms with Gasteiger partial charge in [-0.15, -0.1) is 0 Å². The predicted octanol–water partition coefficient (Wildman–Crippen LogP) is 3.84. The van der Waals surface area contributed by atoms with Gasteiger partial charge in [0.05, 0.1) is 6.61 Å².